The summed E-state index contributed by atoms with van der Waals surface area (Å²) in [6.45, 7) is 4.24. The van der Waals surface area contributed by atoms with Crippen LogP contribution < -0.4 is 5.32 Å². The smallest absolute Gasteiger partial charge is 0.279 e. The van der Waals surface area contributed by atoms with Crippen LogP contribution in [0.15, 0.2) is 35.1 Å². The molecule has 17 heavy (non-hydrogen) atoms. The third-order valence-electron chi connectivity index (χ3n) is 2.43. The molecule has 0 saturated carbocycles. The highest BCUT2D eigenvalue weighted by atomic mass is 16.6. The molecular weight excluding hydrogens is 218 g/mol. The highest BCUT2D eigenvalue weighted by molar-refractivity contribution is 6.02. The lowest BCUT2D eigenvalue weighted by Gasteiger charge is -2.07. The van der Waals surface area contributed by atoms with Gasteiger partial charge in [0.2, 0.25) is 0 Å². The van der Waals surface area contributed by atoms with Gasteiger partial charge in [-0.3, -0.25) is 4.79 Å². The second kappa shape index (κ2) is 4.78. The molecule has 0 saturated heterocycles. The van der Waals surface area contributed by atoms with E-state index < -0.39 is 0 Å². The van der Waals surface area contributed by atoms with Gasteiger partial charge in [-0.2, -0.15) is 0 Å². The molecule has 0 bridgehead atoms. The first-order chi connectivity index (χ1) is 8.16. The molecule has 0 unspecified atom stereocenters. The van der Waals surface area contributed by atoms with Crippen molar-refractivity contribution in [3.8, 4) is 0 Å². The highest BCUT2D eigenvalue weighted by Crippen LogP contribution is 2.17. The van der Waals surface area contributed by atoms with Crippen LogP contribution in [0.25, 0.3) is 0 Å². The normalized spacial score (nSPS) is 10.5. The fourth-order valence-corrected chi connectivity index (χ4v) is 1.41. The molecule has 0 aliphatic rings. The standard InChI is InChI=1S/C12H13N3O2/c1-8(2)9-3-5-10(6-4-9)14-12(16)11-7-13-17-15-11/h3-8H,1-2H3,(H,14,16). The van der Waals surface area contributed by atoms with Crippen LogP contribution in [0.1, 0.15) is 35.8 Å². The average Bonchev–Trinajstić information content (AvgIpc) is 2.83. The summed E-state index contributed by atoms with van der Waals surface area (Å²) >= 11 is 0. The van der Waals surface area contributed by atoms with Crippen LogP contribution in [0.5, 0.6) is 0 Å². The van der Waals surface area contributed by atoms with Gasteiger partial charge in [0.15, 0.2) is 5.69 Å². The van der Waals surface area contributed by atoms with Gasteiger partial charge >= 0.3 is 0 Å². The summed E-state index contributed by atoms with van der Waals surface area (Å²) in [6.07, 6.45) is 1.28. The Hall–Kier alpha value is -2.17. The van der Waals surface area contributed by atoms with Crippen LogP contribution >= 0.6 is 0 Å². The van der Waals surface area contributed by atoms with E-state index in [-0.39, 0.29) is 11.6 Å². The van der Waals surface area contributed by atoms with E-state index in [4.69, 9.17) is 0 Å². The Balaban J connectivity index is 2.07. The van der Waals surface area contributed by atoms with Crippen molar-refractivity contribution < 1.29 is 9.42 Å². The molecule has 5 heteroatoms. The van der Waals surface area contributed by atoms with E-state index in [2.05, 4.69) is 34.1 Å². The van der Waals surface area contributed by atoms with Gasteiger partial charge in [0.05, 0.1) is 0 Å². The van der Waals surface area contributed by atoms with Crippen molar-refractivity contribution in [2.24, 2.45) is 0 Å². The zero-order valence-corrected chi connectivity index (χ0v) is 9.68. The molecule has 0 aliphatic carbocycles. The van der Waals surface area contributed by atoms with Gasteiger partial charge in [0, 0.05) is 5.69 Å². The molecule has 0 spiro atoms. The Morgan fingerprint density at radius 1 is 1.29 bits per heavy atom. The third-order valence-corrected chi connectivity index (χ3v) is 2.43. The fourth-order valence-electron chi connectivity index (χ4n) is 1.41. The van der Waals surface area contributed by atoms with E-state index in [9.17, 15) is 4.79 Å². The minimum Gasteiger partial charge on any atom is -0.320 e. The molecule has 1 aromatic heterocycles. The predicted molar refractivity (Wildman–Crippen MR) is 62.8 cm³/mol. The zero-order valence-electron chi connectivity index (χ0n) is 9.68. The number of anilines is 1. The van der Waals surface area contributed by atoms with Crippen molar-refractivity contribution in [3.05, 3.63) is 41.7 Å². The summed E-state index contributed by atoms with van der Waals surface area (Å²) in [5.74, 6) is 0.142. The molecule has 1 amide bonds. The maximum Gasteiger partial charge on any atom is 0.279 e. The van der Waals surface area contributed by atoms with Gasteiger partial charge < -0.3 is 5.32 Å². The molecule has 2 aromatic rings. The number of nitrogens with zero attached hydrogens (tertiary/aromatic N) is 2. The Morgan fingerprint density at radius 2 is 2.00 bits per heavy atom. The van der Waals surface area contributed by atoms with Crippen LogP contribution in [-0.2, 0) is 0 Å². The number of carbonyl (C=O) groups is 1. The Kier molecular flexibility index (Phi) is 3.18. The predicted octanol–water partition coefficient (Wildman–Crippen LogP) is 2.45. The molecule has 1 heterocycles. The number of hydrogen-bond donors (Lipinski definition) is 1. The first-order valence-corrected chi connectivity index (χ1v) is 5.35. The largest absolute Gasteiger partial charge is 0.320 e. The lowest BCUT2D eigenvalue weighted by molar-refractivity contribution is 0.101. The van der Waals surface area contributed by atoms with E-state index in [0.717, 1.165) is 5.69 Å². The SMILES string of the molecule is CC(C)c1ccc(NC(=O)c2cnon2)cc1. The van der Waals surface area contributed by atoms with Crippen LogP contribution in [0.2, 0.25) is 0 Å². The Morgan fingerprint density at radius 3 is 2.53 bits per heavy atom. The van der Waals surface area contributed by atoms with Crippen LogP contribution in [-0.4, -0.2) is 16.2 Å². The number of amides is 1. The molecule has 0 atom stereocenters. The minimum atomic E-state index is -0.330. The third kappa shape index (κ3) is 2.69. The van der Waals surface area contributed by atoms with Crippen LogP contribution in [0, 0.1) is 0 Å². The quantitative estimate of drug-likeness (QED) is 0.880. The van der Waals surface area contributed by atoms with Gasteiger partial charge in [-0.25, -0.2) is 4.63 Å². The first-order valence-electron chi connectivity index (χ1n) is 5.35. The lowest BCUT2D eigenvalue weighted by atomic mass is 10.0. The summed E-state index contributed by atoms with van der Waals surface area (Å²) < 4.78 is 4.36. The van der Waals surface area contributed by atoms with Gasteiger partial charge in [0.1, 0.15) is 6.20 Å². The molecule has 1 N–H and O–H groups in total. The highest BCUT2D eigenvalue weighted by Gasteiger charge is 2.10. The zero-order chi connectivity index (χ0) is 12.3. The summed E-state index contributed by atoms with van der Waals surface area (Å²) in [6, 6.07) is 7.70. The van der Waals surface area contributed by atoms with Crippen molar-refractivity contribution in [2.75, 3.05) is 5.32 Å². The number of hydrogen-bond acceptors (Lipinski definition) is 4. The van der Waals surface area contributed by atoms with E-state index in [0.29, 0.717) is 5.92 Å². The monoisotopic (exact) mass is 231 g/mol. The Bertz CT molecular complexity index is 489. The first kappa shape index (κ1) is 11.3. The van der Waals surface area contributed by atoms with E-state index in [1.54, 1.807) is 0 Å². The second-order valence-corrected chi connectivity index (χ2v) is 4.02. The molecule has 2 rings (SSSR count). The number of benzene rings is 1. The van der Waals surface area contributed by atoms with Crippen LogP contribution in [0.3, 0.4) is 0 Å². The van der Waals surface area contributed by atoms with Gasteiger partial charge in [-0.1, -0.05) is 31.1 Å². The maximum absolute atomic E-state index is 11.6. The maximum atomic E-state index is 11.6. The lowest BCUT2D eigenvalue weighted by Crippen LogP contribution is -2.12. The minimum absolute atomic E-state index is 0.165. The second-order valence-electron chi connectivity index (χ2n) is 4.02. The van der Waals surface area contributed by atoms with Gasteiger partial charge in [-0.05, 0) is 28.8 Å². The average molecular weight is 231 g/mol. The molecule has 0 aliphatic heterocycles. The summed E-state index contributed by atoms with van der Waals surface area (Å²) in [7, 11) is 0. The summed E-state index contributed by atoms with van der Waals surface area (Å²) in [5, 5.41) is 9.54. The fraction of sp³-hybridized carbons (Fsp3) is 0.250. The molecule has 0 fully saturated rings. The molecule has 0 radical (unpaired) electrons. The van der Waals surface area contributed by atoms with Crippen molar-refractivity contribution >= 4 is 11.6 Å². The van der Waals surface area contributed by atoms with Crippen molar-refractivity contribution in [1.29, 1.82) is 0 Å². The number of nitrogens with one attached hydrogen (secondary N) is 1. The summed E-state index contributed by atoms with van der Waals surface area (Å²) in [4.78, 5) is 11.6. The van der Waals surface area contributed by atoms with Crippen molar-refractivity contribution in [1.82, 2.24) is 10.3 Å². The number of aromatic nitrogens is 2. The molecule has 88 valence electrons. The van der Waals surface area contributed by atoms with Crippen LogP contribution in [0.4, 0.5) is 5.69 Å². The van der Waals surface area contributed by atoms with E-state index in [1.807, 2.05) is 24.3 Å². The molecule has 5 nitrogen and oxygen atoms in total. The van der Waals surface area contributed by atoms with E-state index in [1.165, 1.54) is 11.8 Å². The van der Waals surface area contributed by atoms with Gasteiger partial charge in [-0.15, -0.1) is 0 Å². The van der Waals surface area contributed by atoms with E-state index >= 15 is 0 Å². The van der Waals surface area contributed by atoms with Crippen molar-refractivity contribution in [3.63, 3.8) is 0 Å². The molecule has 1 aromatic carbocycles. The summed E-state index contributed by atoms with van der Waals surface area (Å²) in [5.41, 5.74) is 2.12. The Labute approximate surface area is 98.8 Å². The number of carbonyl (C=O) groups excluding carboxylic acids is 1. The van der Waals surface area contributed by atoms with Crippen molar-refractivity contribution in [2.45, 2.75) is 19.8 Å². The van der Waals surface area contributed by atoms with Gasteiger partial charge in [0.25, 0.3) is 5.91 Å². The number of rotatable bonds is 3. The molecular formula is C12H13N3O2. The topological polar surface area (TPSA) is 68.0 Å².